The van der Waals surface area contributed by atoms with Gasteiger partial charge in [-0.25, -0.2) is 4.98 Å². The van der Waals surface area contributed by atoms with E-state index in [-0.39, 0.29) is 18.4 Å². The normalized spacial score (nSPS) is 18.4. The maximum absolute atomic E-state index is 12.9. The zero-order valence-electron chi connectivity index (χ0n) is 25.4. The molecule has 3 aromatic rings. The van der Waals surface area contributed by atoms with Crippen LogP contribution in [0, 0.1) is 6.92 Å². The first-order valence-corrected chi connectivity index (χ1v) is 15.4. The molecule has 0 unspecified atom stereocenters. The van der Waals surface area contributed by atoms with Gasteiger partial charge in [0, 0.05) is 55.4 Å². The first kappa shape index (κ1) is 32.0. The molecule has 2 aromatic carbocycles. The van der Waals surface area contributed by atoms with Crippen LogP contribution < -0.4 is 20.1 Å². The van der Waals surface area contributed by atoms with Gasteiger partial charge in [0.05, 0.1) is 7.11 Å². The fraction of sp³-hybridized carbons (Fsp3) is 0.438. The van der Waals surface area contributed by atoms with Gasteiger partial charge >= 0.3 is 0 Å². The third-order valence-corrected chi connectivity index (χ3v) is 8.39. The Kier molecular flexibility index (Phi) is 11.5. The van der Waals surface area contributed by atoms with E-state index in [2.05, 4.69) is 34.6 Å². The number of rotatable bonds is 4. The van der Waals surface area contributed by atoms with Crippen molar-refractivity contribution in [3.05, 3.63) is 64.7 Å². The molecule has 11 heteroatoms. The summed E-state index contributed by atoms with van der Waals surface area (Å²) in [5, 5.41) is 6.72. The number of hydrogen-bond donors (Lipinski definition) is 2. The second kappa shape index (κ2) is 15.5. The topological polar surface area (TPSA) is 113 Å². The second-order valence-electron chi connectivity index (χ2n) is 10.7. The largest absolute Gasteiger partial charge is 0.493 e. The first-order valence-electron chi connectivity index (χ1n) is 14.6. The number of carbonyl (C=O) groups is 3. The molecule has 2 aliphatic rings. The number of thiazole rings is 1. The number of fused-ring (bicyclic) bond motifs is 18. The van der Waals surface area contributed by atoms with Gasteiger partial charge < -0.3 is 25.0 Å². The molecule has 0 radical (unpaired) electrons. The van der Waals surface area contributed by atoms with Gasteiger partial charge in [-0.1, -0.05) is 24.3 Å². The molecule has 3 amide bonds. The molecule has 2 aliphatic heterocycles. The average Bonchev–Trinajstić information content (AvgIpc) is 3.47. The summed E-state index contributed by atoms with van der Waals surface area (Å²) < 4.78 is 11.0. The van der Waals surface area contributed by atoms with E-state index >= 15 is 0 Å². The quantitative estimate of drug-likeness (QED) is 0.433. The van der Waals surface area contributed by atoms with Gasteiger partial charge in [0.15, 0.2) is 18.1 Å². The molecule has 0 fully saturated rings. The Morgan fingerprint density at radius 3 is 2.63 bits per heavy atom. The molecule has 2 N–H and O–H groups in total. The highest BCUT2D eigenvalue weighted by atomic mass is 32.1. The molecule has 3 heterocycles. The summed E-state index contributed by atoms with van der Waals surface area (Å²) in [6, 6.07) is 12.4. The highest BCUT2D eigenvalue weighted by Crippen LogP contribution is 2.29. The number of nitrogens with one attached hydrogen (secondary N) is 2. The zero-order chi connectivity index (χ0) is 30.8. The third kappa shape index (κ3) is 9.01. The molecule has 43 heavy (non-hydrogen) atoms. The van der Waals surface area contributed by atoms with Crippen molar-refractivity contribution in [3.63, 3.8) is 0 Å². The summed E-state index contributed by atoms with van der Waals surface area (Å²) in [5.74, 6) is -0.110. The van der Waals surface area contributed by atoms with Crippen molar-refractivity contribution in [2.75, 3.05) is 46.9 Å². The van der Waals surface area contributed by atoms with E-state index in [1.54, 1.807) is 48.4 Å². The van der Waals surface area contributed by atoms with Crippen LogP contribution in [-0.4, -0.2) is 85.5 Å². The number of carbonyl (C=O) groups excluding carboxylic acids is 3. The highest BCUT2D eigenvalue weighted by molar-refractivity contribution is 7.15. The molecule has 1 atom stereocenters. The molecular weight excluding hydrogens is 566 g/mol. The van der Waals surface area contributed by atoms with Crippen LogP contribution in [0.2, 0.25) is 0 Å². The van der Waals surface area contributed by atoms with Gasteiger partial charge in [0.2, 0.25) is 5.91 Å². The SMILES string of the molecule is COc1cc2ccc1OCC(=O)N[C@@H](C)C(=O)N(C)CCCCN(Cc1cnc(-c3ccccc3C)s1)CCCNC2=O. The maximum atomic E-state index is 12.9. The predicted octanol–water partition coefficient (Wildman–Crippen LogP) is 3.88. The summed E-state index contributed by atoms with van der Waals surface area (Å²) in [7, 11) is 3.23. The molecule has 0 saturated heterocycles. The number of amides is 3. The lowest BCUT2D eigenvalue weighted by Crippen LogP contribution is -2.47. The third-order valence-electron chi connectivity index (χ3n) is 7.37. The Labute approximate surface area is 257 Å². The standard InChI is InChI=1S/C32H41N5O5S/c1-22-10-5-6-11-26(22)31-34-19-25(43-31)20-37-16-8-7-15-36(3)32(40)23(2)35-29(38)21-42-27-13-12-24(18-28(27)41-4)30(39)33-14-9-17-37/h5-6,10-13,18-19,23H,7-9,14-17,20-21H2,1-4H3,(H,33,39)(H,35,38)/t23-/m0/s1. The Balaban J connectivity index is 1.46. The zero-order valence-corrected chi connectivity index (χ0v) is 26.2. The van der Waals surface area contributed by atoms with E-state index in [1.165, 1.54) is 17.6 Å². The molecule has 10 nitrogen and oxygen atoms in total. The Morgan fingerprint density at radius 1 is 1.07 bits per heavy atom. The predicted molar refractivity (Wildman–Crippen MR) is 167 cm³/mol. The van der Waals surface area contributed by atoms with Gasteiger partial charge in [-0.15, -0.1) is 11.3 Å². The summed E-state index contributed by atoms with van der Waals surface area (Å²) in [5.41, 5.74) is 2.79. The van der Waals surface area contributed by atoms with Gasteiger partial charge in [-0.2, -0.15) is 0 Å². The number of ether oxygens (including phenoxy) is 2. The smallest absolute Gasteiger partial charge is 0.258 e. The number of likely N-dealkylation sites (N-methyl/N-ethyl adjacent to an activating group) is 1. The Morgan fingerprint density at radius 2 is 1.84 bits per heavy atom. The minimum absolute atomic E-state index is 0.156. The van der Waals surface area contributed by atoms with Gasteiger partial charge in [-0.3, -0.25) is 19.3 Å². The van der Waals surface area contributed by atoms with Crippen molar-refractivity contribution >= 4 is 29.1 Å². The van der Waals surface area contributed by atoms with Gasteiger partial charge in [0.1, 0.15) is 11.0 Å². The fourth-order valence-corrected chi connectivity index (χ4v) is 6.00. The van der Waals surface area contributed by atoms with Crippen LogP contribution in [-0.2, 0) is 16.1 Å². The van der Waals surface area contributed by atoms with Crippen molar-refractivity contribution < 1.29 is 23.9 Å². The Hall–Kier alpha value is -3.96. The molecule has 0 aliphatic carbocycles. The van der Waals surface area contributed by atoms with Crippen LogP contribution >= 0.6 is 11.3 Å². The van der Waals surface area contributed by atoms with Crippen LogP contribution in [0.5, 0.6) is 11.5 Å². The van der Waals surface area contributed by atoms with Crippen molar-refractivity contribution in [2.24, 2.45) is 0 Å². The first-order chi connectivity index (χ1) is 20.7. The molecule has 230 valence electrons. The number of nitrogens with zero attached hydrogens (tertiary/aromatic N) is 3. The van der Waals surface area contributed by atoms with E-state index in [0.717, 1.165) is 49.5 Å². The minimum atomic E-state index is -0.687. The number of methoxy groups -OCH3 is 1. The lowest BCUT2D eigenvalue weighted by molar-refractivity contribution is -0.135. The summed E-state index contributed by atoms with van der Waals surface area (Å²) in [6.07, 6.45) is 4.45. The van der Waals surface area contributed by atoms with Crippen molar-refractivity contribution in [1.82, 2.24) is 25.4 Å². The van der Waals surface area contributed by atoms with Crippen LogP contribution in [0.15, 0.2) is 48.7 Å². The summed E-state index contributed by atoms with van der Waals surface area (Å²) in [6.45, 7) is 6.98. The van der Waals surface area contributed by atoms with Crippen LogP contribution in [0.3, 0.4) is 0 Å². The molecule has 0 saturated carbocycles. The van der Waals surface area contributed by atoms with Crippen LogP contribution in [0.25, 0.3) is 10.6 Å². The molecular formula is C32H41N5O5S. The van der Waals surface area contributed by atoms with Crippen LogP contribution in [0.4, 0.5) is 0 Å². The number of aromatic nitrogens is 1. The van der Waals surface area contributed by atoms with Gasteiger partial charge in [0.25, 0.3) is 11.8 Å². The Bertz CT molecular complexity index is 1410. The molecule has 5 rings (SSSR count). The fourth-order valence-electron chi connectivity index (χ4n) is 4.96. The second-order valence-corrected chi connectivity index (χ2v) is 11.9. The summed E-state index contributed by atoms with van der Waals surface area (Å²) in [4.78, 5) is 48.1. The van der Waals surface area contributed by atoms with Crippen molar-refractivity contribution in [2.45, 2.75) is 45.7 Å². The lowest BCUT2D eigenvalue weighted by Gasteiger charge is -2.24. The number of hydrogen-bond acceptors (Lipinski definition) is 8. The average molecular weight is 608 g/mol. The highest BCUT2D eigenvalue weighted by Gasteiger charge is 2.21. The van der Waals surface area contributed by atoms with Gasteiger partial charge in [-0.05, 0) is 63.4 Å². The maximum Gasteiger partial charge on any atom is 0.258 e. The molecule has 1 aromatic heterocycles. The van der Waals surface area contributed by atoms with E-state index in [4.69, 9.17) is 14.5 Å². The minimum Gasteiger partial charge on any atom is -0.493 e. The number of aryl methyl sites for hydroxylation is 1. The van der Waals surface area contributed by atoms with E-state index in [1.807, 2.05) is 18.3 Å². The van der Waals surface area contributed by atoms with Crippen LogP contribution in [0.1, 0.15) is 47.0 Å². The van der Waals surface area contributed by atoms with E-state index < -0.39 is 11.9 Å². The molecule has 0 spiro atoms. The van der Waals surface area contributed by atoms with E-state index in [0.29, 0.717) is 30.2 Å². The van der Waals surface area contributed by atoms with Crippen molar-refractivity contribution in [3.8, 4) is 22.1 Å². The summed E-state index contributed by atoms with van der Waals surface area (Å²) >= 11 is 1.70. The molecule has 2 bridgehead atoms. The number of benzene rings is 2. The monoisotopic (exact) mass is 607 g/mol. The lowest BCUT2D eigenvalue weighted by atomic mass is 10.1. The van der Waals surface area contributed by atoms with E-state index in [9.17, 15) is 14.4 Å². The van der Waals surface area contributed by atoms with Crippen molar-refractivity contribution in [1.29, 1.82) is 0 Å².